The first-order valence-corrected chi connectivity index (χ1v) is 12.2. The van der Waals surface area contributed by atoms with Gasteiger partial charge in [-0.2, -0.15) is 0 Å². The minimum atomic E-state index is -0.594. The zero-order chi connectivity index (χ0) is 26.1. The number of rotatable bonds is 5. The molecule has 0 aliphatic carbocycles. The number of hydrogen-bond acceptors (Lipinski definition) is 4. The summed E-state index contributed by atoms with van der Waals surface area (Å²) in [5.41, 5.74) is 3.33. The van der Waals surface area contributed by atoms with E-state index in [2.05, 4.69) is 10.6 Å². The van der Waals surface area contributed by atoms with Crippen molar-refractivity contribution in [2.24, 2.45) is 0 Å². The third-order valence-corrected chi connectivity index (χ3v) is 6.70. The van der Waals surface area contributed by atoms with Gasteiger partial charge in [0.25, 0.3) is 11.8 Å². The van der Waals surface area contributed by atoms with Crippen molar-refractivity contribution in [2.75, 3.05) is 10.2 Å². The van der Waals surface area contributed by atoms with Gasteiger partial charge in [0.15, 0.2) is 5.11 Å². The standard InChI is InChI=1S/C28H21ClN4O3S/c1-17-11-12-20(14-23(17)29)33-27(36)22(26(35)31-28(33)37)13-18-15-32(24-10-6-5-9-21(18)24)16-25(34)30-19-7-3-2-4-8-19/h2-15H,16H2,1H3,(H,30,34)(H,31,35,37)/b22-13+. The Labute approximate surface area is 223 Å². The molecule has 37 heavy (non-hydrogen) atoms. The molecule has 3 aromatic carbocycles. The summed E-state index contributed by atoms with van der Waals surface area (Å²) in [4.78, 5) is 40.3. The van der Waals surface area contributed by atoms with E-state index >= 15 is 0 Å². The van der Waals surface area contributed by atoms with Crippen molar-refractivity contribution >= 4 is 75.0 Å². The number of aryl methyl sites for hydroxylation is 1. The largest absolute Gasteiger partial charge is 0.337 e. The smallest absolute Gasteiger partial charge is 0.270 e. The van der Waals surface area contributed by atoms with E-state index in [0.717, 1.165) is 16.5 Å². The molecule has 0 spiro atoms. The van der Waals surface area contributed by atoms with Crippen LogP contribution in [0.15, 0.2) is 84.6 Å². The predicted octanol–water partition coefficient (Wildman–Crippen LogP) is 5.07. The number of aromatic nitrogens is 1. The Morgan fingerprint density at radius 2 is 1.78 bits per heavy atom. The summed E-state index contributed by atoms with van der Waals surface area (Å²) in [5, 5.41) is 6.71. The van der Waals surface area contributed by atoms with Gasteiger partial charge in [0, 0.05) is 33.4 Å². The number of halogens is 1. The van der Waals surface area contributed by atoms with Crippen molar-refractivity contribution in [3.05, 3.63) is 101 Å². The maximum Gasteiger partial charge on any atom is 0.270 e. The number of hydrogen-bond donors (Lipinski definition) is 2. The highest BCUT2D eigenvalue weighted by Gasteiger charge is 2.35. The Bertz CT molecular complexity index is 1610. The van der Waals surface area contributed by atoms with Gasteiger partial charge in [-0.05, 0) is 61.1 Å². The molecule has 2 N–H and O–H groups in total. The van der Waals surface area contributed by atoms with Gasteiger partial charge in [-0.1, -0.05) is 54.1 Å². The summed E-state index contributed by atoms with van der Waals surface area (Å²) >= 11 is 11.6. The number of fused-ring (bicyclic) bond motifs is 1. The summed E-state index contributed by atoms with van der Waals surface area (Å²) in [6.45, 7) is 1.91. The van der Waals surface area contributed by atoms with E-state index in [-0.39, 0.29) is 23.1 Å². The van der Waals surface area contributed by atoms with Crippen LogP contribution in [0, 0.1) is 6.92 Å². The molecule has 1 aliphatic heterocycles. The van der Waals surface area contributed by atoms with E-state index in [9.17, 15) is 14.4 Å². The van der Waals surface area contributed by atoms with E-state index in [1.54, 1.807) is 29.0 Å². The minimum absolute atomic E-state index is 0.0212. The molecule has 1 aliphatic rings. The van der Waals surface area contributed by atoms with Crippen LogP contribution < -0.4 is 15.5 Å². The van der Waals surface area contributed by atoms with Gasteiger partial charge < -0.3 is 9.88 Å². The quantitative estimate of drug-likeness (QED) is 0.215. The topological polar surface area (TPSA) is 83.4 Å². The lowest BCUT2D eigenvalue weighted by Gasteiger charge is -2.29. The third kappa shape index (κ3) is 4.89. The van der Waals surface area contributed by atoms with Gasteiger partial charge in [-0.3, -0.25) is 24.6 Å². The summed E-state index contributed by atoms with van der Waals surface area (Å²) in [5.74, 6) is -1.36. The fourth-order valence-corrected chi connectivity index (χ4v) is 4.62. The van der Waals surface area contributed by atoms with Gasteiger partial charge in [0.05, 0.1) is 5.69 Å². The highest BCUT2D eigenvalue weighted by molar-refractivity contribution is 7.80. The number of anilines is 2. The maximum atomic E-state index is 13.5. The predicted molar refractivity (Wildman–Crippen MR) is 149 cm³/mol. The van der Waals surface area contributed by atoms with Crippen molar-refractivity contribution in [2.45, 2.75) is 13.5 Å². The molecule has 1 saturated heterocycles. The van der Waals surface area contributed by atoms with Gasteiger partial charge >= 0.3 is 0 Å². The number of nitrogens with zero attached hydrogens (tertiary/aromatic N) is 2. The van der Waals surface area contributed by atoms with E-state index in [0.29, 0.717) is 22.0 Å². The van der Waals surface area contributed by atoms with E-state index in [1.165, 1.54) is 11.0 Å². The average Bonchev–Trinajstić information content (AvgIpc) is 3.21. The van der Waals surface area contributed by atoms with E-state index in [1.807, 2.05) is 61.5 Å². The first kappa shape index (κ1) is 24.4. The molecule has 3 amide bonds. The summed E-state index contributed by atoms with van der Waals surface area (Å²) in [6.07, 6.45) is 3.28. The number of carbonyl (C=O) groups excluding carboxylic acids is 3. The molecule has 0 radical (unpaired) electrons. The van der Waals surface area contributed by atoms with E-state index < -0.39 is 11.8 Å². The molecule has 5 rings (SSSR count). The SMILES string of the molecule is Cc1ccc(N2C(=O)/C(=C/c3cn(CC(=O)Nc4ccccc4)c4ccccc34)C(=O)NC2=S)cc1Cl. The number of nitrogens with one attached hydrogen (secondary N) is 2. The Morgan fingerprint density at radius 1 is 1.05 bits per heavy atom. The Balaban J connectivity index is 1.49. The second-order valence-electron chi connectivity index (χ2n) is 8.54. The van der Waals surface area contributed by atoms with Crippen LogP contribution in [0.1, 0.15) is 11.1 Å². The molecular formula is C28H21ClN4O3S. The van der Waals surface area contributed by atoms with Crippen molar-refractivity contribution < 1.29 is 14.4 Å². The highest BCUT2D eigenvalue weighted by Crippen LogP contribution is 2.29. The minimum Gasteiger partial charge on any atom is -0.337 e. The summed E-state index contributed by atoms with van der Waals surface area (Å²) in [6, 6.07) is 21.8. The lowest BCUT2D eigenvalue weighted by Crippen LogP contribution is -2.54. The fourth-order valence-electron chi connectivity index (χ4n) is 4.17. The molecule has 7 nitrogen and oxygen atoms in total. The zero-order valence-electron chi connectivity index (χ0n) is 19.7. The van der Waals surface area contributed by atoms with Crippen LogP contribution in [0.4, 0.5) is 11.4 Å². The zero-order valence-corrected chi connectivity index (χ0v) is 21.3. The molecule has 0 saturated carbocycles. The number of thiocarbonyl (C=S) groups is 1. The number of carbonyl (C=O) groups is 3. The molecule has 0 atom stereocenters. The Morgan fingerprint density at radius 3 is 2.54 bits per heavy atom. The molecule has 1 aromatic heterocycles. The van der Waals surface area contributed by atoms with Gasteiger partial charge in [0.1, 0.15) is 12.1 Å². The van der Waals surface area contributed by atoms with Gasteiger partial charge in [-0.25, -0.2) is 0 Å². The van der Waals surface area contributed by atoms with Crippen molar-refractivity contribution in [3.8, 4) is 0 Å². The van der Waals surface area contributed by atoms with Crippen LogP contribution in [-0.4, -0.2) is 27.4 Å². The second kappa shape index (κ2) is 10.0. The number of para-hydroxylation sites is 2. The molecule has 9 heteroatoms. The first-order valence-electron chi connectivity index (χ1n) is 11.4. The molecule has 0 bridgehead atoms. The van der Waals surface area contributed by atoms with Crippen LogP contribution in [-0.2, 0) is 20.9 Å². The number of benzene rings is 3. The van der Waals surface area contributed by atoms with Crippen LogP contribution in [0.2, 0.25) is 5.02 Å². The normalized spacial score (nSPS) is 14.8. The first-order chi connectivity index (χ1) is 17.8. The maximum absolute atomic E-state index is 13.5. The van der Waals surface area contributed by atoms with Crippen molar-refractivity contribution in [3.63, 3.8) is 0 Å². The van der Waals surface area contributed by atoms with Crippen molar-refractivity contribution in [1.29, 1.82) is 0 Å². The molecular weight excluding hydrogens is 508 g/mol. The van der Waals surface area contributed by atoms with E-state index in [4.69, 9.17) is 23.8 Å². The summed E-state index contributed by atoms with van der Waals surface area (Å²) < 4.78 is 1.79. The second-order valence-corrected chi connectivity index (χ2v) is 9.33. The monoisotopic (exact) mass is 528 g/mol. The molecule has 4 aromatic rings. The molecule has 2 heterocycles. The Kier molecular flexibility index (Phi) is 6.60. The molecule has 1 fully saturated rings. The van der Waals surface area contributed by atoms with Gasteiger partial charge in [0.2, 0.25) is 5.91 Å². The average molecular weight is 529 g/mol. The van der Waals surface area contributed by atoms with Crippen molar-refractivity contribution in [1.82, 2.24) is 9.88 Å². The van der Waals surface area contributed by atoms with Gasteiger partial charge in [-0.15, -0.1) is 0 Å². The highest BCUT2D eigenvalue weighted by atomic mass is 35.5. The summed E-state index contributed by atoms with van der Waals surface area (Å²) in [7, 11) is 0. The van der Waals surface area contributed by atoms with Crippen LogP contribution in [0.3, 0.4) is 0 Å². The lowest BCUT2D eigenvalue weighted by molar-refractivity contribution is -0.122. The molecule has 0 unspecified atom stereocenters. The fraction of sp³-hybridized carbons (Fsp3) is 0.0714. The third-order valence-electron chi connectivity index (χ3n) is 6.01. The van der Waals surface area contributed by atoms with Crippen LogP contribution in [0.5, 0.6) is 0 Å². The van der Waals surface area contributed by atoms with Crippen LogP contribution >= 0.6 is 23.8 Å². The Hall–Kier alpha value is -4.27. The number of amides is 3. The van der Waals surface area contributed by atoms with Crippen LogP contribution in [0.25, 0.3) is 17.0 Å². The molecule has 184 valence electrons. The lowest BCUT2D eigenvalue weighted by atomic mass is 10.1.